The largest absolute Gasteiger partial charge is 0.460 e. The molecule has 0 saturated heterocycles. The molecule has 0 amide bonds. The molecule has 0 atom stereocenters. The van der Waals surface area contributed by atoms with Crippen LogP contribution in [0.3, 0.4) is 0 Å². The maximum Gasteiger partial charge on any atom is 0.460 e. The molecule has 0 fully saturated rings. The molecule has 0 aromatic carbocycles. The fourth-order valence-corrected chi connectivity index (χ4v) is 1.03. The van der Waals surface area contributed by atoms with Gasteiger partial charge in [-0.1, -0.05) is 0 Å². The highest BCUT2D eigenvalue weighted by Gasteiger charge is 2.81. The summed E-state index contributed by atoms with van der Waals surface area (Å²) in [5.74, 6) is -19.1. The van der Waals surface area contributed by atoms with Gasteiger partial charge in [0.2, 0.25) is 0 Å². The molecule has 10 heteroatoms. The first-order valence-corrected chi connectivity index (χ1v) is 4.88. The number of hydrogen-bond donors (Lipinski definition) is 1. The van der Waals surface area contributed by atoms with Crippen molar-refractivity contribution in [2.45, 2.75) is 56.2 Å². The van der Waals surface area contributed by atoms with Crippen molar-refractivity contribution in [3.8, 4) is 0 Å². The van der Waals surface area contributed by atoms with Gasteiger partial charge >= 0.3 is 23.9 Å². The molecule has 0 spiro atoms. The number of hydrogen-bond acceptors (Lipinski definition) is 1. The summed E-state index contributed by atoms with van der Waals surface area (Å²) in [6.07, 6.45) is -9.91. The Morgan fingerprint density at radius 2 is 1.05 bits per heavy atom. The Kier molecular flexibility index (Phi) is 4.54. The predicted octanol–water partition coefficient (Wildman–Crippen LogP) is 4.01. The molecule has 0 bridgehead atoms. The van der Waals surface area contributed by atoms with Gasteiger partial charge in [0.25, 0.3) is 0 Å². The minimum absolute atomic E-state index is 0.920. The Morgan fingerprint density at radius 1 is 0.684 bits per heavy atom. The number of rotatable bonds is 5. The number of aliphatic hydroxyl groups is 1. The van der Waals surface area contributed by atoms with E-state index in [2.05, 4.69) is 0 Å². The average molecular weight is 306 g/mol. The molecule has 0 heterocycles. The van der Waals surface area contributed by atoms with Crippen molar-refractivity contribution in [1.82, 2.24) is 0 Å². The summed E-state index contributed by atoms with van der Waals surface area (Å²) in [5, 5.41) is 9.02. The van der Waals surface area contributed by atoms with Crippen molar-refractivity contribution >= 4 is 0 Å². The van der Waals surface area contributed by atoms with Gasteiger partial charge in [0.15, 0.2) is 0 Å². The van der Waals surface area contributed by atoms with E-state index >= 15 is 0 Å². The minimum Gasteiger partial charge on any atom is -0.390 e. The summed E-state index contributed by atoms with van der Waals surface area (Å²) in [6.45, 7) is 1.84. The highest BCUT2D eigenvalue weighted by Crippen LogP contribution is 2.54. The summed E-state index contributed by atoms with van der Waals surface area (Å²) in [7, 11) is 0. The first-order valence-electron chi connectivity index (χ1n) is 4.88. The molecule has 0 radical (unpaired) electrons. The van der Waals surface area contributed by atoms with Crippen LogP contribution in [0.5, 0.6) is 0 Å². The Morgan fingerprint density at radius 3 is 1.32 bits per heavy atom. The van der Waals surface area contributed by atoms with E-state index in [4.69, 9.17) is 5.11 Å². The lowest BCUT2D eigenvalue weighted by Crippen LogP contribution is -2.61. The van der Waals surface area contributed by atoms with Gasteiger partial charge in [-0.25, -0.2) is 0 Å². The van der Waals surface area contributed by atoms with Gasteiger partial charge in [-0.15, -0.1) is 0 Å². The van der Waals surface area contributed by atoms with Crippen LogP contribution in [0, 0.1) is 0 Å². The van der Waals surface area contributed by atoms with Gasteiger partial charge in [-0.2, -0.15) is 39.5 Å². The topological polar surface area (TPSA) is 20.2 Å². The summed E-state index contributed by atoms with van der Waals surface area (Å²) in [5.41, 5.74) is -1.91. The van der Waals surface area contributed by atoms with Gasteiger partial charge in [-0.05, 0) is 20.3 Å². The number of halogens is 9. The van der Waals surface area contributed by atoms with Crippen LogP contribution in [0.25, 0.3) is 0 Å². The van der Waals surface area contributed by atoms with Crippen molar-refractivity contribution in [3.05, 3.63) is 0 Å². The van der Waals surface area contributed by atoms with Gasteiger partial charge in [-0.3, -0.25) is 0 Å². The summed E-state index contributed by atoms with van der Waals surface area (Å²) >= 11 is 0. The molecule has 0 aromatic heterocycles. The Hall–Kier alpha value is -0.670. The van der Waals surface area contributed by atoms with Crippen molar-refractivity contribution in [3.63, 3.8) is 0 Å². The number of alkyl halides is 9. The fourth-order valence-electron chi connectivity index (χ4n) is 1.03. The zero-order valence-corrected chi connectivity index (χ0v) is 9.76. The normalized spacial score (nSPS) is 15.8. The highest BCUT2D eigenvalue weighted by molar-refractivity contribution is 5.00. The molecule has 1 N–H and O–H groups in total. The molecule has 0 unspecified atom stereocenters. The van der Waals surface area contributed by atoms with E-state index in [9.17, 15) is 39.5 Å². The van der Waals surface area contributed by atoms with E-state index in [1.165, 1.54) is 0 Å². The lowest BCUT2D eigenvalue weighted by molar-refractivity contribution is -0.397. The molecular weight excluding hydrogens is 295 g/mol. The van der Waals surface area contributed by atoms with Gasteiger partial charge < -0.3 is 5.11 Å². The van der Waals surface area contributed by atoms with E-state index in [-0.39, 0.29) is 0 Å². The predicted molar refractivity (Wildman–Crippen MR) is 46.4 cm³/mol. The SMILES string of the molecule is CC(C)(O)CCC(F)(F)C(F)(F)C(F)(F)C(F)(F)F. The second-order valence-corrected chi connectivity index (χ2v) is 4.66. The zero-order chi connectivity index (χ0) is 15.9. The summed E-state index contributed by atoms with van der Waals surface area (Å²) in [6, 6.07) is 0. The zero-order valence-electron chi connectivity index (χ0n) is 9.76. The van der Waals surface area contributed by atoms with E-state index < -0.39 is 42.4 Å². The molecule has 0 aromatic rings. The Balaban J connectivity index is 5.28. The molecule has 1 nitrogen and oxygen atoms in total. The van der Waals surface area contributed by atoms with Gasteiger partial charge in [0.1, 0.15) is 0 Å². The van der Waals surface area contributed by atoms with E-state index in [0.29, 0.717) is 0 Å². The van der Waals surface area contributed by atoms with E-state index in [1.807, 2.05) is 0 Å². The lowest BCUT2D eigenvalue weighted by atomic mass is 9.94. The Bertz CT molecular complexity index is 313. The van der Waals surface area contributed by atoms with Crippen molar-refractivity contribution in [2.75, 3.05) is 0 Å². The molecule has 0 saturated carbocycles. The monoisotopic (exact) mass is 306 g/mol. The third-order valence-corrected chi connectivity index (χ3v) is 2.26. The smallest absolute Gasteiger partial charge is 0.390 e. The highest BCUT2D eigenvalue weighted by atomic mass is 19.4. The Labute approximate surface area is 102 Å². The summed E-state index contributed by atoms with van der Waals surface area (Å²) in [4.78, 5) is 0. The first-order chi connectivity index (χ1) is 7.96. The van der Waals surface area contributed by atoms with E-state index in [1.54, 1.807) is 0 Å². The van der Waals surface area contributed by atoms with Crippen LogP contribution in [-0.2, 0) is 0 Å². The van der Waals surface area contributed by atoms with Crippen LogP contribution >= 0.6 is 0 Å². The van der Waals surface area contributed by atoms with E-state index in [0.717, 1.165) is 13.8 Å². The minimum atomic E-state index is -6.87. The molecule has 0 rings (SSSR count). The maximum atomic E-state index is 12.9. The van der Waals surface area contributed by atoms with Gasteiger partial charge in [0.05, 0.1) is 5.60 Å². The van der Waals surface area contributed by atoms with Gasteiger partial charge in [0, 0.05) is 6.42 Å². The molecule has 19 heavy (non-hydrogen) atoms. The van der Waals surface area contributed by atoms with Crippen LogP contribution < -0.4 is 0 Å². The standard InChI is InChI=1S/C9H11F9O/c1-5(2,19)3-4-6(10,11)7(12,13)8(14,15)9(16,17)18/h19H,3-4H2,1-2H3. The molecule has 0 aliphatic rings. The van der Waals surface area contributed by atoms with Crippen molar-refractivity contribution in [2.24, 2.45) is 0 Å². The van der Waals surface area contributed by atoms with Crippen LogP contribution in [0.15, 0.2) is 0 Å². The molecule has 116 valence electrons. The second kappa shape index (κ2) is 4.71. The average Bonchev–Trinajstić information content (AvgIpc) is 2.11. The quantitative estimate of drug-likeness (QED) is 0.761. The first kappa shape index (κ1) is 18.3. The third-order valence-electron chi connectivity index (χ3n) is 2.26. The van der Waals surface area contributed by atoms with Crippen LogP contribution in [0.2, 0.25) is 0 Å². The van der Waals surface area contributed by atoms with Crippen LogP contribution in [0.4, 0.5) is 39.5 Å². The maximum absolute atomic E-state index is 12.9. The van der Waals surface area contributed by atoms with Crippen molar-refractivity contribution < 1.29 is 44.6 Å². The van der Waals surface area contributed by atoms with Crippen molar-refractivity contribution in [1.29, 1.82) is 0 Å². The second-order valence-electron chi connectivity index (χ2n) is 4.66. The molecular formula is C9H11F9O. The lowest BCUT2D eigenvalue weighted by Gasteiger charge is -2.34. The fraction of sp³-hybridized carbons (Fsp3) is 1.00. The van der Waals surface area contributed by atoms with Crippen LogP contribution in [0.1, 0.15) is 26.7 Å². The summed E-state index contributed by atoms with van der Waals surface area (Å²) < 4.78 is 111. The molecule has 0 aliphatic carbocycles. The third kappa shape index (κ3) is 3.67. The van der Waals surface area contributed by atoms with Crippen LogP contribution in [-0.4, -0.2) is 34.7 Å². The molecule has 0 aliphatic heterocycles.